The van der Waals surface area contributed by atoms with Crippen LogP contribution in [0.2, 0.25) is 0 Å². The molecule has 1 aromatic heterocycles. The number of aromatic nitrogens is 2. The molecule has 1 aliphatic rings. The van der Waals surface area contributed by atoms with Crippen molar-refractivity contribution in [3.05, 3.63) is 11.7 Å². The number of likely N-dealkylation sites (tertiary alicyclic amines) is 1. The lowest BCUT2D eigenvalue weighted by atomic mass is 9.96. The first-order chi connectivity index (χ1) is 10.1. The Kier molecular flexibility index (Phi) is 6.18. The molecule has 0 aromatic carbocycles. The van der Waals surface area contributed by atoms with Gasteiger partial charge in [0.15, 0.2) is 5.82 Å². The van der Waals surface area contributed by atoms with E-state index in [1.807, 2.05) is 0 Å². The molecule has 0 aliphatic carbocycles. The average molecular weight is 294 g/mol. The zero-order chi connectivity index (χ0) is 15.2. The Balaban J connectivity index is 1.75. The van der Waals surface area contributed by atoms with Gasteiger partial charge in [0.2, 0.25) is 5.89 Å². The van der Waals surface area contributed by atoms with Crippen molar-refractivity contribution in [2.45, 2.75) is 53.0 Å². The van der Waals surface area contributed by atoms with Crippen LogP contribution in [0.15, 0.2) is 4.52 Å². The minimum Gasteiger partial charge on any atom is -0.338 e. The molecule has 120 valence electrons. The predicted molar refractivity (Wildman–Crippen MR) is 84.2 cm³/mol. The summed E-state index contributed by atoms with van der Waals surface area (Å²) in [7, 11) is 0. The van der Waals surface area contributed by atoms with Crippen molar-refractivity contribution in [2.24, 2.45) is 5.92 Å². The summed E-state index contributed by atoms with van der Waals surface area (Å²) in [6.45, 7) is 15.3. The van der Waals surface area contributed by atoms with E-state index in [9.17, 15) is 0 Å². The molecule has 0 bridgehead atoms. The minimum absolute atomic E-state index is 0.335. The van der Waals surface area contributed by atoms with Crippen LogP contribution in [0.4, 0.5) is 0 Å². The van der Waals surface area contributed by atoms with E-state index in [0.29, 0.717) is 5.92 Å². The normalized spacial score (nSPS) is 18.0. The molecule has 0 spiro atoms. The summed E-state index contributed by atoms with van der Waals surface area (Å²) in [5.41, 5.74) is 0. The fraction of sp³-hybridized carbons (Fsp3) is 0.875. The first kappa shape index (κ1) is 16.4. The highest BCUT2D eigenvalue weighted by atomic mass is 16.5. The molecular formula is C16H30N4O. The Labute approximate surface area is 128 Å². The van der Waals surface area contributed by atoms with Gasteiger partial charge in [0, 0.05) is 12.5 Å². The summed E-state index contributed by atoms with van der Waals surface area (Å²) in [5.74, 6) is 2.76. The summed E-state index contributed by atoms with van der Waals surface area (Å²) in [6, 6.07) is 0. The van der Waals surface area contributed by atoms with E-state index in [2.05, 4.69) is 47.6 Å². The number of nitrogens with zero attached hydrogens (tertiary/aromatic N) is 4. The third-order valence-electron chi connectivity index (χ3n) is 4.48. The van der Waals surface area contributed by atoms with Gasteiger partial charge in [-0.1, -0.05) is 32.9 Å². The summed E-state index contributed by atoms with van der Waals surface area (Å²) in [6.07, 6.45) is 2.56. The summed E-state index contributed by atoms with van der Waals surface area (Å²) < 4.78 is 5.34. The van der Waals surface area contributed by atoms with Crippen LogP contribution in [0.1, 0.15) is 58.2 Å². The van der Waals surface area contributed by atoms with Crippen molar-refractivity contribution in [1.82, 2.24) is 19.9 Å². The second kappa shape index (κ2) is 7.90. The zero-order valence-corrected chi connectivity index (χ0v) is 14.0. The highest BCUT2D eigenvalue weighted by molar-refractivity contribution is 4.92. The SMILES string of the molecule is CCN(CC)CC1CCN(Cc2nc(C(C)C)no2)CC1. The lowest BCUT2D eigenvalue weighted by molar-refractivity contribution is 0.132. The maximum atomic E-state index is 5.34. The van der Waals surface area contributed by atoms with Crippen molar-refractivity contribution in [3.63, 3.8) is 0 Å². The predicted octanol–water partition coefficient (Wildman–Crippen LogP) is 2.75. The molecule has 21 heavy (non-hydrogen) atoms. The first-order valence-corrected chi connectivity index (χ1v) is 8.39. The van der Waals surface area contributed by atoms with Crippen LogP contribution in [-0.2, 0) is 6.54 Å². The molecule has 2 rings (SSSR count). The van der Waals surface area contributed by atoms with Gasteiger partial charge in [0.25, 0.3) is 0 Å². The quantitative estimate of drug-likeness (QED) is 0.774. The van der Waals surface area contributed by atoms with Crippen molar-refractivity contribution >= 4 is 0 Å². The van der Waals surface area contributed by atoms with Gasteiger partial charge in [-0.05, 0) is 44.9 Å². The molecule has 0 atom stereocenters. The van der Waals surface area contributed by atoms with Crippen molar-refractivity contribution < 1.29 is 4.52 Å². The van der Waals surface area contributed by atoms with Crippen LogP contribution in [0.25, 0.3) is 0 Å². The lowest BCUT2D eigenvalue weighted by Gasteiger charge is -2.33. The van der Waals surface area contributed by atoms with Gasteiger partial charge in [-0.2, -0.15) is 4.98 Å². The van der Waals surface area contributed by atoms with E-state index in [1.54, 1.807) is 0 Å². The van der Waals surface area contributed by atoms with Crippen LogP contribution in [0.3, 0.4) is 0 Å². The van der Waals surface area contributed by atoms with Gasteiger partial charge in [0.1, 0.15) is 0 Å². The molecule has 0 N–H and O–H groups in total. The molecule has 0 amide bonds. The number of piperidine rings is 1. The number of hydrogen-bond donors (Lipinski definition) is 0. The van der Waals surface area contributed by atoms with Crippen LogP contribution >= 0.6 is 0 Å². The van der Waals surface area contributed by atoms with Crippen LogP contribution < -0.4 is 0 Å². The van der Waals surface area contributed by atoms with Crippen molar-refractivity contribution in [2.75, 3.05) is 32.7 Å². The van der Waals surface area contributed by atoms with E-state index in [4.69, 9.17) is 4.52 Å². The Hall–Kier alpha value is -0.940. The van der Waals surface area contributed by atoms with Crippen molar-refractivity contribution in [1.29, 1.82) is 0 Å². The summed E-state index contributed by atoms with van der Waals surface area (Å²) >= 11 is 0. The lowest BCUT2D eigenvalue weighted by Crippen LogP contribution is -2.38. The van der Waals surface area contributed by atoms with Gasteiger partial charge in [-0.3, -0.25) is 4.90 Å². The first-order valence-electron chi connectivity index (χ1n) is 8.39. The van der Waals surface area contributed by atoms with Gasteiger partial charge in [-0.25, -0.2) is 0 Å². The smallest absolute Gasteiger partial charge is 0.240 e. The topological polar surface area (TPSA) is 45.4 Å². The molecule has 1 aromatic rings. The fourth-order valence-electron chi connectivity index (χ4n) is 2.93. The number of rotatable bonds is 7. The van der Waals surface area contributed by atoms with E-state index in [1.165, 1.54) is 19.4 Å². The van der Waals surface area contributed by atoms with E-state index < -0.39 is 0 Å². The molecule has 5 nitrogen and oxygen atoms in total. The summed E-state index contributed by atoms with van der Waals surface area (Å²) in [4.78, 5) is 9.45. The second-order valence-electron chi connectivity index (χ2n) is 6.41. The second-order valence-corrected chi connectivity index (χ2v) is 6.41. The van der Waals surface area contributed by atoms with Crippen LogP contribution in [0, 0.1) is 5.92 Å². The molecule has 1 saturated heterocycles. The molecule has 0 saturated carbocycles. The Morgan fingerprint density at radius 3 is 2.43 bits per heavy atom. The van der Waals surface area contributed by atoms with E-state index in [0.717, 1.165) is 50.4 Å². The Morgan fingerprint density at radius 1 is 1.24 bits per heavy atom. The van der Waals surface area contributed by atoms with Gasteiger partial charge < -0.3 is 9.42 Å². The minimum atomic E-state index is 0.335. The summed E-state index contributed by atoms with van der Waals surface area (Å²) in [5, 5.41) is 4.04. The fourth-order valence-corrected chi connectivity index (χ4v) is 2.93. The highest BCUT2D eigenvalue weighted by Gasteiger charge is 2.22. The van der Waals surface area contributed by atoms with E-state index >= 15 is 0 Å². The average Bonchev–Trinajstić information content (AvgIpc) is 2.95. The van der Waals surface area contributed by atoms with Crippen molar-refractivity contribution in [3.8, 4) is 0 Å². The number of hydrogen-bond acceptors (Lipinski definition) is 5. The van der Waals surface area contributed by atoms with Gasteiger partial charge in [0.05, 0.1) is 6.54 Å². The highest BCUT2D eigenvalue weighted by Crippen LogP contribution is 2.20. The van der Waals surface area contributed by atoms with Crippen LogP contribution in [-0.4, -0.2) is 52.7 Å². The molecule has 1 aliphatic heterocycles. The molecule has 0 radical (unpaired) electrons. The Bertz CT molecular complexity index is 406. The molecular weight excluding hydrogens is 264 g/mol. The molecule has 1 fully saturated rings. The third kappa shape index (κ3) is 4.78. The van der Waals surface area contributed by atoms with Gasteiger partial charge in [-0.15, -0.1) is 0 Å². The van der Waals surface area contributed by atoms with Gasteiger partial charge >= 0.3 is 0 Å². The largest absolute Gasteiger partial charge is 0.338 e. The maximum Gasteiger partial charge on any atom is 0.240 e. The monoisotopic (exact) mass is 294 g/mol. The molecule has 0 unspecified atom stereocenters. The van der Waals surface area contributed by atoms with Crippen LogP contribution in [0.5, 0.6) is 0 Å². The third-order valence-corrected chi connectivity index (χ3v) is 4.48. The maximum absolute atomic E-state index is 5.34. The molecule has 2 heterocycles. The Morgan fingerprint density at radius 2 is 1.90 bits per heavy atom. The standard InChI is InChI=1S/C16H30N4O/c1-5-19(6-2)11-14-7-9-20(10-8-14)12-15-17-16(13(3)4)18-21-15/h13-14H,5-12H2,1-4H3. The molecule has 5 heteroatoms. The van der Waals surface area contributed by atoms with E-state index in [-0.39, 0.29) is 0 Å². The zero-order valence-electron chi connectivity index (χ0n) is 14.0.